The Morgan fingerprint density at radius 3 is 2.76 bits per heavy atom. The molecule has 0 spiro atoms. The normalized spacial score (nSPS) is 13.2. The van der Waals surface area contributed by atoms with Gasteiger partial charge in [0.05, 0.1) is 13.2 Å². The van der Waals surface area contributed by atoms with Gasteiger partial charge in [0.1, 0.15) is 5.75 Å². The molecule has 1 atom stereocenters. The van der Waals surface area contributed by atoms with Crippen molar-refractivity contribution in [2.45, 2.75) is 18.9 Å². The van der Waals surface area contributed by atoms with Crippen molar-refractivity contribution in [2.75, 3.05) is 7.11 Å². The van der Waals surface area contributed by atoms with Crippen LogP contribution in [0.2, 0.25) is 0 Å². The Hall–Kier alpha value is -1.62. The first-order valence-corrected chi connectivity index (χ1v) is 5.29. The summed E-state index contributed by atoms with van der Waals surface area (Å²) < 4.78 is 29.7. The smallest absolute Gasteiger partial charge is 0.253 e. The summed E-state index contributed by atoms with van der Waals surface area (Å²) in [5.41, 5.74) is 6.90. The van der Waals surface area contributed by atoms with Crippen LogP contribution in [0.3, 0.4) is 0 Å². The van der Waals surface area contributed by atoms with Crippen molar-refractivity contribution in [1.82, 2.24) is 4.98 Å². The van der Waals surface area contributed by atoms with Crippen LogP contribution in [-0.2, 0) is 6.42 Å². The fourth-order valence-electron chi connectivity index (χ4n) is 1.75. The highest BCUT2D eigenvalue weighted by Crippen LogP contribution is 2.22. The van der Waals surface area contributed by atoms with Gasteiger partial charge in [-0.15, -0.1) is 0 Å². The highest BCUT2D eigenvalue weighted by molar-refractivity contribution is 5.81. The maximum Gasteiger partial charge on any atom is 0.253 e. The van der Waals surface area contributed by atoms with Gasteiger partial charge in [-0.05, 0) is 23.6 Å². The molecule has 0 saturated carbocycles. The topological polar surface area (TPSA) is 51.0 Å². The number of aromatic nitrogens is 1. The standard InChI is InChI=1S/C12H14F2N2O/c1-17-9-3-2-7-4-8(16-11(7)6-9)5-10(15)12(13)14/h2-4,6,10,12,16H,5,15H2,1H3. The van der Waals surface area contributed by atoms with Crippen LogP contribution in [0.5, 0.6) is 5.75 Å². The second-order valence-corrected chi connectivity index (χ2v) is 3.95. The number of H-pyrrole nitrogens is 1. The molecular formula is C12H14F2N2O. The summed E-state index contributed by atoms with van der Waals surface area (Å²) in [6, 6.07) is 6.23. The van der Waals surface area contributed by atoms with Crippen LogP contribution in [0, 0.1) is 0 Å². The molecular weight excluding hydrogens is 226 g/mol. The third-order valence-electron chi connectivity index (χ3n) is 2.66. The molecule has 1 unspecified atom stereocenters. The van der Waals surface area contributed by atoms with E-state index in [4.69, 9.17) is 10.5 Å². The van der Waals surface area contributed by atoms with Crippen molar-refractivity contribution in [1.29, 1.82) is 0 Å². The molecule has 0 fully saturated rings. The number of alkyl halides is 2. The van der Waals surface area contributed by atoms with E-state index in [1.165, 1.54) is 0 Å². The zero-order valence-corrected chi connectivity index (χ0v) is 9.41. The van der Waals surface area contributed by atoms with Gasteiger partial charge >= 0.3 is 0 Å². The molecule has 1 aromatic heterocycles. The van der Waals surface area contributed by atoms with Crippen molar-refractivity contribution in [3.05, 3.63) is 30.0 Å². The van der Waals surface area contributed by atoms with Crippen LogP contribution < -0.4 is 10.5 Å². The monoisotopic (exact) mass is 240 g/mol. The number of rotatable bonds is 4. The highest BCUT2D eigenvalue weighted by Gasteiger charge is 2.16. The second kappa shape index (κ2) is 4.71. The molecule has 1 heterocycles. The Labute approximate surface area is 97.6 Å². The highest BCUT2D eigenvalue weighted by atomic mass is 19.3. The summed E-state index contributed by atoms with van der Waals surface area (Å²) in [6.07, 6.45) is -2.37. The Balaban J connectivity index is 2.25. The first-order chi connectivity index (χ1) is 8.10. The average Bonchev–Trinajstić information content (AvgIpc) is 2.69. The Morgan fingerprint density at radius 2 is 2.12 bits per heavy atom. The van der Waals surface area contributed by atoms with Crippen LogP contribution in [0.4, 0.5) is 8.78 Å². The van der Waals surface area contributed by atoms with Crippen molar-refractivity contribution >= 4 is 10.9 Å². The SMILES string of the molecule is COc1ccc2cc(CC(N)C(F)F)[nH]c2c1. The molecule has 2 aromatic rings. The second-order valence-electron chi connectivity index (χ2n) is 3.95. The van der Waals surface area contributed by atoms with Crippen LogP contribution in [0.15, 0.2) is 24.3 Å². The van der Waals surface area contributed by atoms with E-state index in [-0.39, 0.29) is 6.42 Å². The van der Waals surface area contributed by atoms with E-state index in [9.17, 15) is 8.78 Å². The number of aromatic amines is 1. The van der Waals surface area contributed by atoms with E-state index < -0.39 is 12.5 Å². The predicted octanol–water partition coefficient (Wildman–Crippen LogP) is 2.31. The number of hydrogen-bond donors (Lipinski definition) is 2. The molecule has 0 radical (unpaired) electrons. The van der Waals surface area contributed by atoms with Gasteiger partial charge in [-0.1, -0.05) is 0 Å². The van der Waals surface area contributed by atoms with Crippen LogP contribution in [0.25, 0.3) is 10.9 Å². The molecule has 1 aromatic carbocycles. The van der Waals surface area contributed by atoms with Gasteiger partial charge < -0.3 is 15.5 Å². The predicted molar refractivity (Wildman–Crippen MR) is 62.5 cm³/mol. The Morgan fingerprint density at radius 1 is 1.35 bits per heavy atom. The molecule has 0 aliphatic heterocycles. The molecule has 5 heteroatoms. The van der Waals surface area contributed by atoms with E-state index in [1.807, 2.05) is 24.3 Å². The minimum atomic E-state index is -2.50. The molecule has 2 rings (SSSR count). The number of nitrogens with one attached hydrogen (secondary N) is 1. The largest absolute Gasteiger partial charge is 0.497 e. The molecule has 92 valence electrons. The van der Waals surface area contributed by atoms with E-state index in [0.29, 0.717) is 5.69 Å². The average molecular weight is 240 g/mol. The molecule has 0 bridgehead atoms. The number of hydrogen-bond acceptors (Lipinski definition) is 2. The lowest BCUT2D eigenvalue weighted by molar-refractivity contribution is 0.115. The summed E-state index contributed by atoms with van der Waals surface area (Å²) >= 11 is 0. The number of methoxy groups -OCH3 is 1. The van der Waals surface area contributed by atoms with Gasteiger partial charge in [-0.3, -0.25) is 0 Å². The minimum absolute atomic E-state index is 0.134. The first kappa shape index (κ1) is 11.9. The van der Waals surface area contributed by atoms with Gasteiger partial charge in [0, 0.05) is 23.7 Å². The third-order valence-corrected chi connectivity index (χ3v) is 2.66. The lowest BCUT2D eigenvalue weighted by Gasteiger charge is -2.07. The molecule has 17 heavy (non-hydrogen) atoms. The molecule has 0 saturated heterocycles. The van der Waals surface area contributed by atoms with Crippen LogP contribution in [0.1, 0.15) is 5.69 Å². The maximum absolute atomic E-state index is 12.3. The molecule has 0 aliphatic carbocycles. The lowest BCUT2D eigenvalue weighted by Crippen LogP contribution is -2.30. The Bertz CT molecular complexity index is 510. The van der Waals surface area contributed by atoms with Crippen molar-refractivity contribution in [3.63, 3.8) is 0 Å². The van der Waals surface area contributed by atoms with E-state index in [0.717, 1.165) is 16.7 Å². The fourth-order valence-corrected chi connectivity index (χ4v) is 1.75. The number of halogens is 2. The zero-order chi connectivity index (χ0) is 12.4. The number of benzene rings is 1. The number of nitrogens with two attached hydrogens (primary N) is 1. The molecule has 3 N–H and O–H groups in total. The first-order valence-electron chi connectivity index (χ1n) is 5.29. The molecule has 0 aliphatic rings. The van der Waals surface area contributed by atoms with Crippen molar-refractivity contribution in [3.8, 4) is 5.75 Å². The summed E-state index contributed by atoms with van der Waals surface area (Å²) in [6.45, 7) is 0. The van der Waals surface area contributed by atoms with Gasteiger partial charge in [-0.25, -0.2) is 8.78 Å². The van der Waals surface area contributed by atoms with Gasteiger partial charge in [0.25, 0.3) is 6.43 Å². The summed E-state index contributed by atoms with van der Waals surface area (Å²) in [7, 11) is 1.58. The lowest BCUT2D eigenvalue weighted by atomic mass is 10.1. The summed E-state index contributed by atoms with van der Waals surface area (Å²) in [4.78, 5) is 3.06. The quantitative estimate of drug-likeness (QED) is 0.861. The minimum Gasteiger partial charge on any atom is -0.497 e. The summed E-state index contributed by atoms with van der Waals surface area (Å²) in [5, 5.41) is 0.960. The number of fused-ring (bicyclic) bond motifs is 1. The Kier molecular flexibility index (Phi) is 3.28. The van der Waals surface area contributed by atoms with E-state index in [2.05, 4.69) is 4.98 Å². The fraction of sp³-hybridized carbons (Fsp3) is 0.333. The van der Waals surface area contributed by atoms with Crippen molar-refractivity contribution < 1.29 is 13.5 Å². The van der Waals surface area contributed by atoms with E-state index in [1.54, 1.807) is 7.11 Å². The van der Waals surface area contributed by atoms with Crippen LogP contribution >= 0.6 is 0 Å². The number of ether oxygens (including phenoxy) is 1. The zero-order valence-electron chi connectivity index (χ0n) is 9.41. The van der Waals surface area contributed by atoms with Crippen molar-refractivity contribution in [2.24, 2.45) is 5.73 Å². The van der Waals surface area contributed by atoms with Crippen LogP contribution in [-0.4, -0.2) is 24.6 Å². The van der Waals surface area contributed by atoms with Gasteiger partial charge in [0.2, 0.25) is 0 Å². The van der Waals surface area contributed by atoms with E-state index >= 15 is 0 Å². The van der Waals surface area contributed by atoms with Gasteiger partial charge in [-0.2, -0.15) is 0 Å². The third kappa shape index (κ3) is 2.55. The molecule has 3 nitrogen and oxygen atoms in total. The maximum atomic E-state index is 12.3. The summed E-state index contributed by atoms with van der Waals surface area (Å²) in [5.74, 6) is 0.726. The molecule has 0 amide bonds. The van der Waals surface area contributed by atoms with Gasteiger partial charge in [0.15, 0.2) is 0 Å².